The zero-order chi connectivity index (χ0) is 16.8. The number of nitrogens with zero attached hydrogens (tertiary/aromatic N) is 3. The van der Waals surface area contributed by atoms with Crippen LogP contribution in [0.3, 0.4) is 0 Å². The van der Waals surface area contributed by atoms with Gasteiger partial charge in [0.25, 0.3) is 5.92 Å². The van der Waals surface area contributed by atoms with Crippen LogP contribution in [0.25, 0.3) is 0 Å². The van der Waals surface area contributed by atoms with Gasteiger partial charge in [-0.25, -0.2) is 13.6 Å². The standard InChI is InChI=1S/C17H22F2N4O/c18-17(19)6-9-23(15(24)21-13-3-4-13)12-16(17)5-8-22(11-16)14-2-1-7-20-10-14/h1-2,7,10,13H,3-6,8-9,11-12H2,(H,21,24). The van der Waals surface area contributed by atoms with Crippen molar-refractivity contribution < 1.29 is 13.6 Å². The fraction of sp³-hybridized carbons (Fsp3) is 0.647. The maximum atomic E-state index is 14.8. The molecule has 1 N–H and O–H groups in total. The van der Waals surface area contributed by atoms with Crippen LogP contribution in [-0.4, -0.2) is 54.1 Å². The van der Waals surface area contributed by atoms with Gasteiger partial charge in [-0.1, -0.05) is 0 Å². The van der Waals surface area contributed by atoms with E-state index >= 15 is 0 Å². The number of pyridine rings is 1. The van der Waals surface area contributed by atoms with Gasteiger partial charge in [0.15, 0.2) is 0 Å². The molecule has 1 aromatic heterocycles. The molecule has 1 aliphatic carbocycles. The van der Waals surface area contributed by atoms with Crippen LogP contribution in [0.1, 0.15) is 25.7 Å². The average molecular weight is 336 g/mol. The zero-order valence-corrected chi connectivity index (χ0v) is 13.5. The number of halogens is 2. The van der Waals surface area contributed by atoms with Crippen molar-refractivity contribution in [1.29, 1.82) is 0 Å². The second kappa shape index (κ2) is 5.57. The molecule has 4 rings (SSSR count). The van der Waals surface area contributed by atoms with Gasteiger partial charge >= 0.3 is 6.03 Å². The predicted octanol–water partition coefficient (Wildman–Crippen LogP) is 2.49. The van der Waals surface area contributed by atoms with Gasteiger partial charge in [-0.2, -0.15) is 0 Å². The minimum Gasteiger partial charge on any atom is -0.369 e. The van der Waals surface area contributed by atoms with Crippen molar-refractivity contribution >= 4 is 11.7 Å². The van der Waals surface area contributed by atoms with Gasteiger partial charge in [0.1, 0.15) is 0 Å². The molecule has 3 heterocycles. The molecule has 1 spiro atoms. The van der Waals surface area contributed by atoms with Crippen LogP contribution in [-0.2, 0) is 0 Å². The molecule has 0 bridgehead atoms. The average Bonchev–Trinajstić information content (AvgIpc) is 3.28. The van der Waals surface area contributed by atoms with E-state index in [4.69, 9.17) is 0 Å². The summed E-state index contributed by atoms with van der Waals surface area (Å²) in [4.78, 5) is 19.9. The van der Waals surface area contributed by atoms with Gasteiger partial charge in [-0.15, -0.1) is 0 Å². The SMILES string of the molecule is O=C(NC1CC1)N1CCC(F)(F)C2(CCN(c3cccnc3)C2)C1. The Morgan fingerprint density at radius 3 is 2.79 bits per heavy atom. The quantitative estimate of drug-likeness (QED) is 0.903. The lowest BCUT2D eigenvalue weighted by Gasteiger charge is -2.45. The van der Waals surface area contributed by atoms with Gasteiger partial charge in [0.2, 0.25) is 0 Å². The molecule has 2 aliphatic heterocycles. The summed E-state index contributed by atoms with van der Waals surface area (Å²) >= 11 is 0. The molecule has 1 aromatic rings. The predicted molar refractivity (Wildman–Crippen MR) is 86.2 cm³/mol. The van der Waals surface area contributed by atoms with E-state index in [1.807, 2.05) is 17.0 Å². The third-order valence-electron chi connectivity index (χ3n) is 5.52. The smallest absolute Gasteiger partial charge is 0.317 e. The molecule has 1 atom stereocenters. The molecule has 130 valence electrons. The summed E-state index contributed by atoms with van der Waals surface area (Å²) < 4.78 is 29.5. The van der Waals surface area contributed by atoms with Crippen molar-refractivity contribution in [3.8, 4) is 0 Å². The van der Waals surface area contributed by atoms with E-state index < -0.39 is 11.3 Å². The maximum absolute atomic E-state index is 14.8. The van der Waals surface area contributed by atoms with Crippen LogP contribution >= 0.6 is 0 Å². The third kappa shape index (κ3) is 2.70. The van der Waals surface area contributed by atoms with Crippen molar-refractivity contribution in [1.82, 2.24) is 15.2 Å². The first-order chi connectivity index (χ1) is 11.5. The second-order valence-corrected chi connectivity index (χ2v) is 7.26. The Labute approximate surface area is 140 Å². The minimum atomic E-state index is -2.75. The molecule has 0 radical (unpaired) electrons. The number of carbonyl (C=O) groups is 1. The number of carbonyl (C=O) groups excluding carboxylic acids is 1. The molecule has 0 aromatic carbocycles. The summed E-state index contributed by atoms with van der Waals surface area (Å²) in [6.45, 7) is 1.08. The van der Waals surface area contributed by atoms with Gasteiger partial charge in [-0.05, 0) is 31.4 Å². The lowest BCUT2D eigenvalue weighted by Crippen LogP contribution is -2.59. The van der Waals surface area contributed by atoms with E-state index in [1.54, 1.807) is 17.3 Å². The molecule has 7 heteroatoms. The largest absolute Gasteiger partial charge is 0.369 e. The van der Waals surface area contributed by atoms with Gasteiger partial charge < -0.3 is 15.1 Å². The Morgan fingerprint density at radius 1 is 1.25 bits per heavy atom. The number of nitrogens with one attached hydrogen (secondary N) is 1. The second-order valence-electron chi connectivity index (χ2n) is 7.26. The summed E-state index contributed by atoms with van der Waals surface area (Å²) in [5.74, 6) is -2.75. The summed E-state index contributed by atoms with van der Waals surface area (Å²) in [7, 11) is 0. The summed E-state index contributed by atoms with van der Waals surface area (Å²) in [6.07, 6.45) is 5.51. The normalized spacial score (nSPS) is 29.1. The van der Waals surface area contributed by atoms with Crippen LogP contribution in [0.2, 0.25) is 0 Å². The van der Waals surface area contributed by atoms with Crippen LogP contribution in [0.4, 0.5) is 19.3 Å². The fourth-order valence-electron chi connectivity index (χ4n) is 3.83. The fourth-order valence-corrected chi connectivity index (χ4v) is 3.83. The molecular formula is C17H22F2N4O. The van der Waals surface area contributed by atoms with Gasteiger partial charge in [0, 0.05) is 44.8 Å². The first-order valence-electron chi connectivity index (χ1n) is 8.57. The highest BCUT2D eigenvalue weighted by molar-refractivity contribution is 5.75. The zero-order valence-electron chi connectivity index (χ0n) is 13.5. The molecule has 2 saturated heterocycles. The van der Waals surface area contributed by atoms with E-state index in [9.17, 15) is 13.6 Å². The highest BCUT2D eigenvalue weighted by Crippen LogP contribution is 2.50. The number of rotatable bonds is 2. The van der Waals surface area contributed by atoms with Crippen molar-refractivity contribution in [2.45, 2.75) is 37.6 Å². The molecule has 1 unspecified atom stereocenters. The Kier molecular flexibility index (Phi) is 3.62. The molecular weight excluding hydrogens is 314 g/mol. The molecule has 3 fully saturated rings. The first kappa shape index (κ1) is 15.6. The number of alkyl halides is 2. The number of anilines is 1. The molecule has 24 heavy (non-hydrogen) atoms. The number of urea groups is 1. The van der Waals surface area contributed by atoms with Crippen molar-refractivity contribution in [2.75, 3.05) is 31.1 Å². The highest BCUT2D eigenvalue weighted by Gasteiger charge is 2.60. The van der Waals surface area contributed by atoms with Crippen LogP contribution < -0.4 is 10.2 Å². The van der Waals surface area contributed by atoms with Crippen molar-refractivity contribution in [3.05, 3.63) is 24.5 Å². The molecule has 1 saturated carbocycles. The van der Waals surface area contributed by atoms with Crippen LogP contribution in [0.5, 0.6) is 0 Å². The molecule has 2 amide bonds. The lowest BCUT2D eigenvalue weighted by molar-refractivity contribution is -0.149. The van der Waals surface area contributed by atoms with Crippen LogP contribution in [0.15, 0.2) is 24.5 Å². The number of piperidine rings is 1. The van der Waals surface area contributed by atoms with E-state index in [0.717, 1.165) is 18.5 Å². The lowest BCUT2D eigenvalue weighted by atomic mass is 9.75. The molecule has 3 aliphatic rings. The van der Waals surface area contributed by atoms with Gasteiger partial charge in [0.05, 0.1) is 17.3 Å². The van der Waals surface area contributed by atoms with Crippen molar-refractivity contribution in [3.63, 3.8) is 0 Å². The Bertz CT molecular complexity index is 622. The highest BCUT2D eigenvalue weighted by atomic mass is 19.3. The summed E-state index contributed by atoms with van der Waals surface area (Å²) in [5.41, 5.74) is -0.299. The maximum Gasteiger partial charge on any atom is 0.317 e. The minimum absolute atomic E-state index is 0.120. The Morgan fingerprint density at radius 2 is 2.08 bits per heavy atom. The van der Waals surface area contributed by atoms with E-state index in [0.29, 0.717) is 13.0 Å². The Balaban J connectivity index is 1.51. The van der Waals surface area contributed by atoms with E-state index in [-0.39, 0.29) is 38.1 Å². The number of likely N-dealkylation sites (tertiary alicyclic amines) is 1. The number of aromatic nitrogens is 1. The Hall–Kier alpha value is -1.92. The van der Waals surface area contributed by atoms with Crippen molar-refractivity contribution in [2.24, 2.45) is 5.41 Å². The number of hydrogen-bond acceptors (Lipinski definition) is 3. The third-order valence-corrected chi connectivity index (χ3v) is 5.52. The van der Waals surface area contributed by atoms with Crippen LogP contribution in [0, 0.1) is 5.41 Å². The van der Waals surface area contributed by atoms with E-state index in [2.05, 4.69) is 10.3 Å². The van der Waals surface area contributed by atoms with E-state index in [1.165, 1.54) is 0 Å². The monoisotopic (exact) mass is 336 g/mol. The summed E-state index contributed by atoms with van der Waals surface area (Å²) in [5, 5.41) is 2.92. The molecule has 5 nitrogen and oxygen atoms in total. The first-order valence-corrected chi connectivity index (χ1v) is 8.57. The number of amides is 2. The van der Waals surface area contributed by atoms with Gasteiger partial charge in [-0.3, -0.25) is 4.98 Å². The topological polar surface area (TPSA) is 48.5 Å². The summed E-state index contributed by atoms with van der Waals surface area (Å²) in [6, 6.07) is 3.76. The number of hydrogen-bond donors (Lipinski definition) is 1.